The highest BCUT2D eigenvalue weighted by atomic mass is 32.2. The zero-order valence-corrected chi connectivity index (χ0v) is 12.1. The largest absolute Gasteiger partial charge is 0.299 e. The Morgan fingerprint density at radius 2 is 1.83 bits per heavy atom. The van der Waals surface area contributed by atoms with Crippen LogP contribution in [0, 0.1) is 0 Å². The second-order valence-corrected chi connectivity index (χ2v) is 6.46. The molecule has 18 heavy (non-hydrogen) atoms. The first-order valence-corrected chi connectivity index (χ1v) is 8.10. The standard InChI is InChI=1S/C13H14N2OS2/c1-14-12(16)11-8-9-6-4-5-7-10(9)15(11)13(14,17-2)18-3/h4-8H,1-3H3. The fraction of sp³-hybridized carbons (Fsp3) is 0.308. The lowest BCUT2D eigenvalue weighted by atomic mass is 10.2. The summed E-state index contributed by atoms with van der Waals surface area (Å²) in [6.45, 7) is 0. The van der Waals surface area contributed by atoms with Crippen molar-refractivity contribution < 1.29 is 4.79 Å². The molecule has 0 spiro atoms. The van der Waals surface area contributed by atoms with Crippen molar-refractivity contribution in [2.45, 2.75) is 4.33 Å². The summed E-state index contributed by atoms with van der Waals surface area (Å²) >= 11 is 3.37. The third kappa shape index (κ3) is 1.26. The van der Waals surface area contributed by atoms with Crippen LogP contribution in [0.4, 0.5) is 0 Å². The molecule has 94 valence electrons. The fourth-order valence-corrected chi connectivity index (χ4v) is 4.75. The predicted molar refractivity (Wildman–Crippen MR) is 79.0 cm³/mol. The number of hydrogen-bond donors (Lipinski definition) is 0. The molecule has 0 N–H and O–H groups in total. The summed E-state index contributed by atoms with van der Waals surface area (Å²) in [5.41, 5.74) is 1.90. The number of benzene rings is 1. The Morgan fingerprint density at radius 1 is 1.17 bits per heavy atom. The van der Waals surface area contributed by atoms with E-state index in [4.69, 9.17) is 0 Å². The van der Waals surface area contributed by atoms with Crippen LogP contribution >= 0.6 is 23.5 Å². The van der Waals surface area contributed by atoms with Crippen molar-refractivity contribution >= 4 is 40.3 Å². The number of amides is 1. The second-order valence-electron chi connectivity index (χ2n) is 4.24. The Bertz CT molecular complexity index is 631. The molecule has 1 aliphatic rings. The topological polar surface area (TPSA) is 25.2 Å². The molecule has 0 radical (unpaired) electrons. The molecule has 5 heteroatoms. The maximum absolute atomic E-state index is 12.4. The highest BCUT2D eigenvalue weighted by Crippen LogP contribution is 2.49. The smallest absolute Gasteiger partial charge is 0.273 e. The van der Waals surface area contributed by atoms with Crippen molar-refractivity contribution in [2.75, 3.05) is 19.6 Å². The van der Waals surface area contributed by atoms with E-state index in [9.17, 15) is 4.79 Å². The molecule has 0 atom stereocenters. The molecule has 1 aliphatic heterocycles. The van der Waals surface area contributed by atoms with Gasteiger partial charge < -0.3 is 0 Å². The molecule has 0 fully saturated rings. The highest BCUT2D eigenvalue weighted by molar-refractivity contribution is 8.16. The lowest BCUT2D eigenvalue weighted by molar-refractivity contribution is 0.0789. The van der Waals surface area contributed by atoms with Gasteiger partial charge in [0.25, 0.3) is 5.91 Å². The van der Waals surface area contributed by atoms with Crippen molar-refractivity contribution in [3.63, 3.8) is 0 Å². The molecule has 2 aromatic rings. The zero-order valence-electron chi connectivity index (χ0n) is 10.5. The van der Waals surface area contributed by atoms with Crippen LogP contribution in [0.15, 0.2) is 30.3 Å². The average molecular weight is 278 g/mol. The van der Waals surface area contributed by atoms with Crippen molar-refractivity contribution in [3.05, 3.63) is 36.0 Å². The first-order valence-electron chi connectivity index (χ1n) is 5.65. The molecule has 2 heterocycles. The number of carbonyl (C=O) groups excluding carboxylic acids is 1. The van der Waals surface area contributed by atoms with E-state index in [1.54, 1.807) is 23.5 Å². The van der Waals surface area contributed by atoms with Crippen LogP contribution in [-0.2, 0) is 4.33 Å². The molecule has 3 nitrogen and oxygen atoms in total. The van der Waals surface area contributed by atoms with E-state index in [1.807, 2.05) is 42.7 Å². The minimum absolute atomic E-state index is 0.0925. The summed E-state index contributed by atoms with van der Waals surface area (Å²) in [5.74, 6) is 0.0925. The molecular weight excluding hydrogens is 264 g/mol. The Labute approximate surface area is 115 Å². The van der Waals surface area contributed by atoms with Gasteiger partial charge in [0.2, 0.25) is 4.33 Å². The summed E-state index contributed by atoms with van der Waals surface area (Å²) in [6.07, 6.45) is 4.09. The molecule has 1 amide bonds. The maximum Gasteiger partial charge on any atom is 0.273 e. The minimum atomic E-state index is -0.366. The Hall–Kier alpha value is -1.07. The van der Waals surface area contributed by atoms with E-state index < -0.39 is 0 Å². The van der Waals surface area contributed by atoms with Gasteiger partial charge in [0.15, 0.2) is 0 Å². The van der Waals surface area contributed by atoms with Crippen molar-refractivity contribution in [3.8, 4) is 0 Å². The van der Waals surface area contributed by atoms with Gasteiger partial charge in [-0.25, -0.2) is 0 Å². The van der Waals surface area contributed by atoms with Gasteiger partial charge in [0, 0.05) is 12.4 Å². The van der Waals surface area contributed by atoms with E-state index in [1.165, 1.54) is 0 Å². The van der Waals surface area contributed by atoms with Gasteiger partial charge in [0.1, 0.15) is 5.69 Å². The summed E-state index contributed by atoms with van der Waals surface area (Å²) in [7, 11) is 1.87. The molecule has 1 aromatic heterocycles. The number of aromatic nitrogens is 1. The SMILES string of the molecule is CSC1(SC)N(C)C(=O)c2cc3ccccc3n21. The monoisotopic (exact) mass is 278 g/mol. The van der Waals surface area contributed by atoms with Gasteiger partial charge in [0.05, 0.1) is 5.52 Å². The Balaban J connectivity index is 2.39. The lowest BCUT2D eigenvalue weighted by Crippen LogP contribution is -2.38. The van der Waals surface area contributed by atoms with Gasteiger partial charge in [-0.1, -0.05) is 18.2 Å². The molecule has 0 aliphatic carbocycles. The van der Waals surface area contributed by atoms with Gasteiger partial charge in [-0.05, 0) is 24.6 Å². The average Bonchev–Trinajstić information content (AvgIpc) is 2.88. The number of fused-ring (bicyclic) bond motifs is 3. The maximum atomic E-state index is 12.4. The highest BCUT2D eigenvalue weighted by Gasteiger charge is 2.47. The second kappa shape index (κ2) is 3.96. The van der Waals surface area contributed by atoms with Crippen LogP contribution in [-0.4, -0.2) is 34.9 Å². The van der Waals surface area contributed by atoms with Crippen LogP contribution in [0.2, 0.25) is 0 Å². The van der Waals surface area contributed by atoms with E-state index in [0.717, 1.165) is 16.6 Å². The number of carbonyl (C=O) groups is 1. The normalized spacial score (nSPS) is 17.5. The zero-order chi connectivity index (χ0) is 12.9. The third-order valence-electron chi connectivity index (χ3n) is 3.47. The third-order valence-corrected chi connectivity index (χ3v) is 6.45. The molecule has 1 aromatic carbocycles. The van der Waals surface area contributed by atoms with E-state index in [-0.39, 0.29) is 10.2 Å². The molecular formula is C13H14N2OS2. The Kier molecular flexibility index (Phi) is 2.64. The molecule has 3 rings (SSSR count). The summed E-state index contributed by atoms with van der Waals surface area (Å²) in [6, 6.07) is 10.1. The van der Waals surface area contributed by atoms with Crippen molar-refractivity contribution in [1.82, 2.24) is 9.47 Å². The molecule has 0 saturated heterocycles. The number of para-hydroxylation sites is 1. The van der Waals surface area contributed by atoms with Crippen LogP contribution in [0.5, 0.6) is 0 Å². The molecule has 0 saturated carbocycles. The number of rotatable bonds is 2. The van der Waals surface area contributed by atoms with E-state index in [2.05, 4.69) is 16.7 Å². The van der Waals surface area contributed by atoms with E-state index in [0.29, 0.717) is 0 Å². The van der Waals surface area contributed by atoms with Crippen molar-refractivity contribution in [2.24, 2.45) is 0 Å². The van der Waals surface area contributed by atoms with Crippen LogP contribution in [0.1, 0.15) is 10.5 Å². The first-order chi connectivity index (χ1) is 8.65. The van der Waals surface area contributed by atoms with Gasteiger partial charge in [-0.15, -0.1) is 23.5 Å². The van der Waals surface area contributed by atoms with Gasteiger partial charge in [-0.2, -0.15) is 0 Å². The molecule has 0 bridgehead atoms. The van der Waals surface area contributed by atoms with Gasteiger partial charge >= 0.3 is 0 Å². The van der Waals surface area contributed by atoms with Crippen LogP contribution in [0.3, 0.4) is 0 Å². The van der Waals surface area contributed by atoms with E-state index >= 15 is 0 Å². The van der Waals surface area contributed by atoms with Crippen LogP contribution < -0.4 is 0 Å². The fourth-order valence-electron chi connectivity index (χ4n) is 2.61. The first kappa shape index (κ1) is 12.0. The van der Waals surface area contributed by atoms with Crippen molar-refractivity contribution in [1.29, 1.82) is 0 Å². The summed E-state index contributed by atoms with van der Waals surface area (Å²) in [5, 5.41) is 1.13. The Morgan fingerprint density at radius 3 is 2.50 bits per heavy atom. The quantitative estimate of drug-likeness (QED) is 0.790. The minimum Gasteiger partial charge on any atom is -0.299 e. The number of thioether (sulfide) groups is 2. The van der Waals surface area contributed by atoms with Crippen LogP contribution in [0.25, 0.3) is 10.9 Å². The summed E-state index contributed by atoms with van der Waals surface area (Å²) < 4.78 is 1.79. The summed E-state index contributed by atoms with van der Waals surface area (Å²) in [4.78, 5) is 14.2. The number of nitrogens with zero attached hydrogens (tertiary/aromatic N) is 2. The van der Waals surface area contributed by atoms with Gasteiger partial charge in [-0.3, -0.25) is 14.3 Å². The number of hydrogen-bond acceptors (Lipinski definition) is 3. The lowest BCUT2D eigenvalue weighted by Gasteiger charge is -2.34. The molecule has 0 unspecified atom stereocenters. The predicted octanol–water partition coefficient (Wildman–Crippen LogP) is 3.02.